The van der Waals surface area contributed by atoms with Crippen LogP contribution in [0.2, 0.25) is 5.02 Å². The summed E-state index contributed by atoms with van der Waals surface area (Å²) >= 11 is 10.6. The van der Waals surface area contributed by atoms with Crippen molar-refractivity contribution >= 4 is 39.3 Å². The maximum atomic E-state index is 9.09. The Bertz CT molecular complexity index is 578. The average Bonchev–Trinajstić information content (AvgIpc) is 2.32. The van der Waals surface area contributed by atoms with Crippen molar-refractivity contribution < 1.29 is 0 Å². The third-order valence-electron chi connectivity index (χ3n) is 2.00. The van der Waals surface area contributed by atoms with Gasteiger partial charge in [-0.1, -0.05) is 29.4 Å². The van der Waals surface area contributed by atoms with Crippen LogP contribution in [0.3, 0.4) is 0 Å². The topological polar surface area (TPSA) is 36.7 Å². The molecule has 17 heavy (non-hydrogen) atoms. The molecule has 0 radical (unpaired) electrons. The van der Waals surface area contributed by atoms with Crippen molar-refractivity contribution in [1.82, 2.24) is 4.98 Å². The van der Waals surface area contributed by atoms with Crippen LogP contribution in [-0.2, 0) is 0 Å². The minimum absolute atomic E-state index is 0.601. The van der Waals surface area contributed by atoms with E-state index in [0.717, 1.165) is 14.4 Å². The molecule has 2 rings (SSSR count). The second kappa shape index (κ2) is 5.54. The maximum Gasteiger partial charge on any atom is 0.102 e. The minimum Gasteiger partial charge on any atom is -0.248 e. The molecule has 84 valence electrons. The quantitative estimate of drug-likeness (QED) is 0.814. The maximum absolute atomic E-state index is 9.09. The predicted molar refractivity (Wildman–Crippen MR) is 72.2 cm³/mol. The lowest BCUT2D eigenvalue weighted by molar-refractivity contribution is 1.13. The van der Waals surface area contributed by atoms with E-state index < -0.39 is 0 Å². The minimum atomic E-state index is 0.601. The summed E-state index contributed by atoms with van der Waals surface area (Å²) in [6.45, 7) is 0. The molecule has 0 amide bonds. The van der Waals surface area contributed by atoms with E-state index in [1.165, 1.54) is 11.8 Å². The summed E-state index contributed by atoms with van der Waals surface area (Å²) in [6, 6.07) is 11.4. The van der Waals surface area contributed by atoms with Gasteiger partial charge in [0.1, 0.15) is 11.1 Å². The molecule has 0 aliphatic rings. The van der Waals surface area contributed by atoms with Gasteiger partial charge in [-0.15, -0.1) is 0 Å². The Morgan fingerprint density at radius 1 is 1.29 bits per heavy atom. The molecule has 1 aromatic heterocycles. The lowest BCUT2D eigenvalue weighted by Crippen LogP contribution is -1.84. The number of nitriles is 1. The summed E-state index contributed by atoms with van der Waals surface area (Å²) in [5, 5.41) is 10.5. The van der Waals surface area contributed by atoms with Crippen LogP contribution in [0.1, 0.15) is 5.56 Å². The highest BCUT2D eigenvalue weighted by Gasteiger charge is 2.08. The molecule has 2 aromatic rings. The second-order valence-corrected chi connectivity index (χ2v) is 5.49. The number of benzene rings is 1. The first-order chi connectivity index (χ1) is 8.20. The highest BCUT2D eigenvalue weighted by atomic mass is 79.9. The zero-order valence-corrected chi connectivity index (χ0v) is 11.7. The highest BCUT2D eigenvalue weighted by Crippen LogP contribution is 2.32. The van der Waals surface area contributed by atoms with Crippen LogP contribution in [0, 0.1) is 11.3 Å². The number of nitrogens with zero attached hydrogens (tertiary/aromatic N) is 2. The van der Waals surface area contributed by atoms with Crippen LogP contribution in [0.4, 0.5) is 0 Å². The van der Waals surface area contributed by atoms with Crippen molar-refractivity contribution in [2.75, 3.05) is 0 Å². The summed E-state index contributed by atoms with van der Waals surface area (Å²) < 4.78 is 0.791. The van der Waals surface area contributed by atoms with Crippen molar-refractivity contribution in [2.45, 2.75) is 9.92 Å². The smallest absolute Gasteiger partial charge is 0.102 e. The van der Waals surface area contributed by atoms with Gasteiger partial charge >= 0.3 is 0 Å². The number of pyridine rings is 1. The fourth-order valence-corrected chi connectivity index (χ4v) is 2.80. The monoisotopic (exact) mass is 324 g/mol. The van der Waals surface area contributed by atoms with E-state index in [9.17, 15) is 0 Å². The Balaban J connectivity index is 2.34. The van der Waals surface area contributed by atoms with Gasteiger partial charge in [-0.3, -0.25) is 0 Å². The van der Waals surface area contributed by atoms with Crippen molar-refractivity contribution in [3.05, 3.63) is 51.6 Å². The van der Waals surface area contributed by atoms with Gasteiger partial charge in [0.2, 0.25) is 0 Å². The molecule has 0 aliphatic carbocycles. The molecule has 0 saturated carbocycles. The van der Waals surface area contributed by atoms with Gasteiger partial charge in [-0.2, -0.15) is 5.26 Å². The third kappa shape index (κ3) is 3.01. The molecule has 0 spiro atoms. The van der Waals surface area contributed by atoms with Crippen LogP contribution < -0.4 is 0 Å². The molecule has 0 bridgehead atoms. The Hall–Kier alpha value is -1.02. The van der Waals surface area contributed by atoms with Crippen LogP contribution in [0.15, 0.2) is 50.9 Å². The van der Waals surface area contributed by atoms with E-state index in [0.29, 0.717) is 10.6 Å². The Labute approximate surface area is 117 Å². The number of hydrogen-bond donors (Lipinski definition) is 0. The first-order valence-corrected chi connectivity index (χ1v) is 6.67. The molecule has 5 heteroatoms. The van der Waals surface area contributed by atoms with E-state index in [1.807, 2.05) is 24.3 Å². The number of rotatable bonds is 2. The zero-order chi connectivity index (χ0) is 12.3. The Morgan fingerprint density at radius 2 is 2.12 bits per heavy atom. The molecule has 0 fully saturated rings. The van der Waals surface area contributed by atoms with E-state index in [2.05, 4.69) is 27.0 Å². The van der Waals surface area contributed by atoms with E-state index in [1.54, 1.807) is 12.3 Å². The lowest BCUT2D eigenvalue weighted by atomic mass is 10.2. The van der Waals surface area contributed by atoms with Gasteiger partial charge in [0.05, 0.1) is 10.6 Å². The molecule has 0 atom stereocenters. The van der Waals surface area contributed by atoms with Crippen LogP contribution >= 0.6 is 39.3 Å². The summed E-state index contributed by atoms with van der Waals surface area (Å²) in [5.41, 5.74) is 0.620. The highest BCUT2D eigenvalue weighted by molar-refractivity contribution is 9.10. The van der Waals surface area contributed by atoms with Gasteiger partial charge in [0.15, 0.2) is 0 Å². The summed E-state index contributed by atoms with van der Waals surface area (Å²) in [4.78, 5) is 5.06. The molecule has 0 unspecified atom stereocenters. The summed E-state index contributed by atoms with van der Waals surface area (Å²) in [7, 11) is 0. The first kappa shape index (κ1) is 12.4. The Morgan fingerprint density at radius 3 is 2.76 bits per heavy atom. The molecule has 1 aromatic carbocycles. The standard InChI is InChI=1S/C12H6BrClN2S/c13-10-2-1-3-11(9(10)6-15)17-12-5-4-8(14)7-16-12/h1-5,7H. The normalized spacial score (nSPS) is 9.94. The van der Waals surface area contributed by atoms with Crippen LogP contribution in [0.25, 0.3) is 0 Å². The van der Waals surface area contributed by atoms with E-state index >= 15 is 0 Å². The predicted octanol–water partition coefficient (Wildman–Crippen LogP) is 4.52. The molecular formula is C12H6BrClN2S. The van der Waals surface area contributed by atoms with Crippen molar-refractivity contribution in [1.29, 1.82) is 5.26 Å². The number of halogens is 2. The fourth-order valence-electron chi connectivity index (χ4n) is 1.23. The molecule has 0 saturated heterocycles. The molecule has 1 heterocycles. The largest absolute Gasteiger partial charge is 0.248 e. The van der Waals surface area contributed by atoms with Gasteiger partial charge in [-0.25, -0.2) is 4.98 Å². The van der Waals surface area contributed by atoms with Crippen molar-refractivity contribution in [3.63, 3.8) is 0 Å². The summed E-state index contributed by atoms with van der Waals surface area (Å²) in [6.07, 6.45) is 1.59. The first-order valence-electron chi connectivity index (χ1n) is 4.69. The summed E-state index contributed by atoms with van der Waals surface area (Å²) in [5.74, 6) is 0. The molecule has 2 nitrogen and oxygen atoms in total. The molecular weight excluding hydrogens is 320 g/mol. The van der Waals surface area contributed by atoms with Gasteiger partial charge in [0, 0.05) is 15.6 Å². The second-order valence-electron chi connectivity index (χ2n) is 3.14. The SMILES string of the molecule is N#Cc1c(Br)cccc1Sc1ccc(Cl)cn1. The lowest BCUT2D eigenvalue weighted by Gasteiger charge is -2.04. The van der Waals surface area contributed by atoms with Gasteiger partial charge < -0.3 is 0 Å². The third-order valence-corrected chi connectivity index (χ3v) is 3.90. The number of hydrogen-bond acceptors (Lipinski definition) is 3. The average molecular weight is 326 g/mol. The van der Waals surface area contributed by atoms with E-state index in [4.69, 9.17) is 16.9 Å². The zero-order valence-electron chi connectivity index (χ0n) is 8.52. The molecule has 0 aliphatic heterocycles. The molecule has 0 N–H and O–H groups in total. The van der Waals surface area contributed by atoms with E-state index in [-0.39, 0.29) is 0 Å². The van der Waals surface area contributed by atoms with Gasteiger partial charge in [0.25, 0.3) is 0 Å². The Kier molecular flexibility index (Phi) is 4.06. The van der Waals surface area contributed by atoms with Crippen molar-refractivity contribution in [3.8, 4) is 6.07 Å². The number of aromatic nitrogens is 1. The van der Waals surface area contributed by atoms with Crippen LogP contribution in [0.5, 0.6) is 0 Å². The van der Waals surface area contributed by atoms with Gasteiger partial charge in [-0.05, 0) is 40.2 Å². The fraction of sp³-hybridized carbons (Fsp3) is 0. The van der Waals surface area contributed by atoms with Crippen molar-refractivity contribution in [2.24, 2.45) is 0 Å². The van der Waals surface area contributed by atoms with Crippen LogP contribution in [-0.4, -0.2) is 4.98 Å².